The highest BCUT2D eigenvalue weighted by Gasteiger charge is 2.31. The van der Waals surface area contributed by atoms with Gasteiger partial charge in [0.2, 0.25) is 0 Å². The van der Waals surface area contributed by atoms with E-state index in [-0.39, 0.29) is 0 Å². The summed E-state index contributed by atoms with van der Waals surface area (Å²) < 4.78 is 0. The molecule has 0 aromatic carbocycles. The summed E-state index contributed by atoms with van der Waals surface area (Å²) in [4.78, 5) is 0. The lowest BCUT2D eigenvalue weighted by Gasteiger charge is -2.28. The number of hydrogen-bond acceptors (Lipinski definition) is 1. The van der Waals surface area contributed by atoms with E-state index in [0.717, 1.165) is 0 Å². The van der Waals surface area contributed by atoms with Crippen molar-refractivity contribution in [1.82, 2.24) is 5.32 Å². The Labute approximate surface area is 83.3 Å². The van der Waals surface area contributed by atoms with Crippen LogP contribution in [0.4, 0.5) is 0 Å². The normalized spacial score (nSPS) is 20.8. The lowest BCUT2D eigenvalue weighted by Crippen LogP contribution is -2.29. The Morgan fingerprint density at radius 2 is 1.85 bits per heavy atom. The van der Waals surface area contributed by atoms with E-state index in [2.05, 4.69) is 19.3 Å². The second-order valence-electron chi connectivity index (χ2n) is 4.69. The van der Waals surface area contributed by atoms with Gasteiger partial charge in [-0.2, -0.15) is 0 Å². The fourth-order valence-corrected chi connectivity index (χ4v) is 2.77. The third kappa shape index (κ3) is 3.30. The largest absolute Gasteiger partial charge is 0.319 e. The van der Waals surface area contributed by atoms with Crippen molar-refractivity contribution in [3.8, 4) is 0 Å². The number of nitrogens with one attached hydrogen (secondary N) is 1. The fraction of sp³-hybridized carbons (Fsp3) is 1.00. The van der Waals surface area contributed by atoms with Crippen molar-refractivity contribution in [1.29, 1.82) is 0 Å². The van der Waals surface area contributed by atoms with Crippen molar-refractivity contribution in [2.24, 2.45) is 5.41 Å². The lowest BCUT2D eigenvalue weighted by atomic mass is 9.81. The molecule has 13 heavy (non-hydrogen) atoms. The van der Waals surface area contributed by atoms with Crippen LogP contribution in [0.3, 0.4) is 0 Å². The molecule has 1 aliphatic rings. The van der Waals surface area contributed by atoms with Crippen LogP contribution < -0.4 is 5.32 Å². The van der Waals surface area contributed by atoms with E-state index in [4.69, 9.17) is 0 Å². The summed E-state index contributed by atoms with van der Waals surface area (Å²) >= 11 is 0. The quantitative estimate of drug-likeness (QED) is 0.623. The lowest BCUT2D eigenvalue weighted by molar-refractivity contribution is 0.255. The Kier molecular flexibility index (Phi) is 4.79. The van der Waals surface area contributed by atoms with Crippen LogP contribution in [-0.4, -0.2) is 13.6 Å². The van der Waals surface area contributed by atoms with E-state index >= 15 is 0 Å². The molecule has 1 rings (SSSR count). The molecular formula is C12H25N. The summed E-state index contributed by atoms with van der Waals surface area (Å²) in [5.41, 5.74) is 0.684. The van der Waals surface area contributed by atoms with Gasteiger partial charge < -0.3 is 5.32 Å². The van der Waals surface area contributed by atoms with Gasteiger partial charge in [-0.05, 0) is 31.7 Å². The Morgan fingerprint density at radius 3 is 2.38 bits per heavy atom. The maximum atomic E-state index is 3.38. The Hall–Kier alpha value is -0.0400. The van der Waals surface area contributed by atoms with Crippen LogP contribution in [0.2, 0.25) is 0 Å². The standard InChI is InChI=1S/C12H25N/c1-3-4-5-8-12(11-13-2)9-6-7-10-12/h13H,3-11H2,1-2H3. The van der Waals surface area contributed by atoms with Gasteiger partial charge in [0.1, 0.15) is 0 Å². The van der Waals surface area contributed by atoms with Gasteiger partial charge in [0.15, 0.2) is 0 Å². The minimum atomic E-state index is 0.684. The third-order valence-corrected chi connectivity index (χ3v) is 3.53. The van der Waals surface area contributed by atoms with Crippen molar-refractivity contribution >= 4 is 0 Å². The van der Waals surface area contributed by atoms with E-state index in [1.165, 1.54) is 57.9 Å². The Balaban J connectivity index is 2.28. The molecule has 0 aromatic heterocycles. The first kappa shape index (κ1) is 11.0. The molecule has 1 saturated carbocycles. The van der Waals surface area contributed by atoms with Crippen molar-refractivity contribution < 1.29 is 0 Å². The van der Waals surface area contributed by atoms with Crippen molar-refractivity contribution in [2.45, 2.75) is 58.3 Å². The molecule has 1 aliphatic carbocycles. The van der Waals surface area contributed by atoms with Crippen molar-refractivity contribution in [3.63, 3.8) is 0 Å². The fourth-order valence-electron chi connectivity index (χ4n) is 2.77. The highest BCUT2D eigenvalue weighted by molar-refractivity contribution is 4.85. The zero-order valence-corrected chi connectivity index (χ0v) is 9.36. The average molecular weight is 183 g/mol. The first-order valence-electron chi connectivity index (χ1n) is 5.97. The number of unbranched alkanes of at least 4 members (excludes halogenated alkanes) is 2. The number of rotatable bonds is 6. The predicted octanol–water partition coefficient (Wildman–Crippen LogP) is 3.35. The molecule has 0 saturated heterocycles. The van der Waals surface area contributed by atoms with E-state index in [0.29, 0.717) is 5.41 Å². The topological polar surface area (TPSA) is 12.0 Å². The summed E-state index contributed by atoms with van der Waals surface area (Å²) in [5.74, 6) is 0. The van der Waals surface area contributed by atoms with E-state index in [9.17, 15) is 0 Å². The molecule has 0 amide bonds. The molecule has 0 unspecified atom stereocenters. The Bertz CT molecular complexity index is 125. The zero-order valence-electron chi connectivity index (χ0n) is 9.36. The minimum absolute atomic E-state index is 0.684. The maximum Gasteiger partial charge on any atom is 0.000480 e. The smallest absolute Gasteiger partial charge is 0.000480 e. The SMILES string of the molecule is CCCCCC1(CNC)CCCC1. The van der Waals surface area contributed by atoms with Crippen LogP contribution in [0.25, 0.3) is 0 Å². The third-order valence-electron chi connectivity index (χ3n) is 3.53. The van der Waals surface area contributed by atoms with Crippen LogP contribution in [0.5, 0.6) is 0 Å². The van der Waals surface area contributed by atoms with Crippen LogP contribution in [0, 0.1) is 5.41 Å². The molecule has 0 atom stereocenters. The zero-order chi connectivity index (χ0) is 9.57. The molecule has 78 valence electrons. The van der Waals surface area contributed by atoms with Gasteiger partial charge in [0.25, 0.3) is 0 Å². The first-order chi connectivity index (χ1) is 6.33. The molecule has 0 heterocycles. The molecule has 1 N–H and O–H groups in total. The second kappa shape index (κ2) is 5.64. The predicted molar refractivity (Wildman–Crippen MR) is 59.0 cm³/mol. The van der Waals surface area contributed by atoms with Gasteiger partial charge >= 0.3 is 0 Å². The van der Waals surface area contributed by atoms with Gasteiger partial charge in [0, 0.05) is 6.54 Å². The first-order valence-corrected chi connectivity index (χ1v) is 5.97. The molecule has 1 nitrogen and oxygen atoms in total. The molecule has 0 aromatic rings. The van der Waals surface area contributed by atoms with E-state index in [1.807, 2.05) is 0 Å². The van der Waals surface area contributed by atoms with Crippen LogP contribution in [0.1, 0.15) is 58.3 Å². The van der Waals surface area contributed by atoms with Crippen molar-refractivity contribution in [2.75, 3.05) is 13.6 Å². The summed E-state index contributed by atoms with van der Waals surface area (Å²) in [7, 11) is 2.10. The van der Waals surface area contributed by atoms with E-state index in [1.54, 1.807) is 0 Å². The molecular weight excluding hydrogens is 158 g/mol. The highest BCUT2D eigenvalue weighted by atomic mass is 14.8. The van der Waals surface area contributed by atoms with Gasteiger partial charge in [-0.25, -0.2) is 0 Å². The molecule has 0 bridgehead atoms. The highest BCUT2D eigenvalue weighted by Crippen LogP contribution is 2.41. The molecule has 1 fully saturated rings. The maximum absolute atomic E-state index is 3.38. The summed E-state index contributed by atoms with van der Waals surface area (Å²) in [5, 5.41) is 3.38. The van der Waals surface area contributed by atoms with Gasteiger partial charge in [0.05, 0.1) is 0 Å². The van der Waals surface area contributed by atoms with Gasteiger partial charge in [-0.1, -0.05) is 39.0 Å². The second-order valence-corrected chi connectivity index (χ2v) is 4.69. The molecule has 0 aliphatic heterocycles. The molecule has 1 heteroatoms. The van der Waals surface area contributed by atoms with Crippen LogP contribution in [0.15, 0.2) is 0 Å². The summed E-state index contributed by atoms with van der Waals surface area (Å²) in [6, 6.07) is 0. The summed E-state index contributed by atoms with van der Waals surface area (Å²) in [6.45, 7) is 3.54. The molecule has 0 spiro atoms. The summed E-state index contributed by atoms with van der Waals surface area (Å²) in [6.07, 6.45) is 11.6. The monoisotopic (exact) mass is 183 g/mol. The average Bonchev–Trinajstić information content (AvgIpc) is 2.55. The van der Waals surface area contributed by atoms with Crippen LogP contribution >= 0.6 is 0 Å². The molecule has 0 radical (unpaired) electrons. The van der Waals surface area contributed by atoms with Crippen molar-refractivity contribution in [3.05, 3.63) is 0 Å². The Morgan fingerprint density at radius 1 is 1.15 bits per heavy atom. The number of hydrogen-bond donors (Lipinski definition) is 1. The minimum Gasteiger partial charge on any atom is -0.319 e. The van der Waals surface area contributed by atoms with Gasteiger partial charge in [-0.15, -0.1) is 0 Å². The van der Waals surface area contributed by atoms with Gasteiger partial charge in [-0.3, -0.25) is 0 Å². The van der Waals surface area contributed by atoms with E-state index < -0.39 is 0 Å². The van der Waals surface area contributed by atoms with Crippen LogP contribution in [-0.2, 0) is 0 Å².